The third kappa shape index (κ3) is 4.07. The molecular weight excluding hydrogens is 180 g/mol. The van der Waals surface area contributed by atoms with Gasteiger partial charge >= 0.3 is 5.97 Å². The monoisotopic (exact) mass is 201 g/mol. The maximum atomic E-state index is 10.3. The van der Waals surface area contributed by atoms with Gasteiger partial charge in [0.25, 0.3) is 0 Å². The smallest absolute Gasteiger partial charge is 0.303 e. The lowest BCUT2D eigenvalue weighted by atomic mass is 10.2. The molecule has 2 N–H and O–H groups in total. The predicted octanol–water partition coefficient (Wildman–Crippen LogP) is 0.291. The molecular formula is C10H21N2O2+. The van der Waals surface area contributed by atoms with E-state index in [9.17, 15) is 4.79 Å². The first kappa shape index (κ1) is 11.5. The van der Waals surface area contributed by atoms with Gasteiger partial charge < -0.3 is 14.9 Å². The summed E-state index contributed by atoms with van der Waals surface area (Å²) in [5, 5.41) is 11.8. The Labute approximate surface area is 85.5 Å². The Morgan fingerprint density at radius 2 is 2.00 bits per heavy atom. The van der Waals surface area contributed by atoms with Crippen molar-refractivity contribution in [3.05, 3.63) is 0 Å². The fourth-order valence-corrected chi connectivity index (χ4v) is 1.93. The normalized spacial score (nSPS) is 20.6. The minimum absolute atomic E-state index is 0.318. The van der Waals surface area contributed by atoms with Crippen LogP contribution in [0.25, 0.3) is 0 Å². The molecule has 4 nitrogen and oxygen atoms in total. The summed E-state index contributed by atoms with van der Waals surface area (Å²) in [6.45, 7) is 5.65. The van der Waals surface area contributed by atoms with Gasteiger partial charge in [-0.25, -0.2) is 0 Å². The molecule has 1 aliphatic heterocycles. The van der Waals surface area contributed by atoms with Crippen LogP contribution in [0.2, 0.25) is 0 Å². The molecule has 0 atom stereocenters. The zero-order valence-corrected chi connectivity index (χ0v) is 8.96. The van der Waals surface area contributed by atoms with E-state index in [2.05, 4.69) is 12.4 Å². The average Bonchev–Trinajstić information content (AvgIpc) is 2.14. The van der Waals surface area contributed by atoms with Crippen molar-refractivity contribution >= 4 is 5.97 Å². The lowest BCUT2D eigenvalue weighted by Gasteiger charge is -2.38. The van der Waals surface area contributed by atoms with E-state index >= 15 is 0 Å². The second kappa shape index (κ2) is 5.32. The van der Waals surface area contributed by atoms with Crippen LogP contribution < -0.4 is 5.32 Å². The van der Waals surface area contributed by atoms with Gasteiger partial charge in [0.05, 0.1) is 26.7 Å². The average molecular weight is 201 g/mol. The summed E-state index contributed by atoms with van der Waals surface area (Å²) in [4.78, 5) is 10.3. The number of unbranched alkanes of at least 4 members (excludes halogenated alkanes) is 1. The van der Waals surface area contributed by atoms with Crippen molar-refractivity contribution in [3.63, 3.8) is 0 Å². The van der Waals surface area contributed by atoms with Crippen molar-refractivity contribution < 1.29 is 14.4 Å². The molecule has 0 aromatic heterocycles. The second-order valence-corrected chi connectivity index (χ2v) is 4.39. The SMILES string of the molecule is C[N+]1(CCCCC(=O)O)CCNCC1. The number of carboxylic acid groups (broad SMARTS) is 1. The third-order valence-electron chi connectivity index (χ3n) is 3.00. The predicted molar refractivity (Wildman–Crippen MR) is 55.1 cm³/mol. The van der Waals surface area contributed by atoms with E-state index < -0.39 is 5.97 Å². The van der Waals surface area contributed by atoms with E-state index in [-0.39, 0.29) is 0 Å². The van der Waals surface area contributed by atoms with Crippen LogP contribution in [0, 0.1) is 0 Å². The fraction of sp³-hybridized carbons (Fsp3) is 0.900. The molecule has 14 heavy (non-hydrogen) atoms. The van der Waals surface area contributed by atoms with Crippen molar-refractivity contribution in [1.29, 1.82) is 0 Å². The maximum Gasteiger partial charge on any atom is 0.303 e. The van der Waals surface area contributed by atoms with Gasteiger partial charge in [0.1, 0.15) is 0 Å². The number of likely N-dealkylation sites (N-methyl/N-ethyl adjacent to an activating group) is 1. The van der Waals surface area contributed by atoms with E-state index in [1.54, 1.807) is 0 Å². The molecule has 0 spiro atoms. The topological polar surface area (TPSA) is 49.3 Å². The van der Waals surface area contributed by atoms with E-state index in [0.29, 0.717) is 6.42 Å². The molecule has 82 valence electrons. The highest BCUT2D eigenvalue weighted by Gasteiger charge is 2.23. The number of carboxylic acids is 1. The molecule has 1 aliphatic rings. The number of rotatable bonds is 5. The Kier molecular flexibility index (Phi) is 4.35. The Bertz CT molecular complexity index is 189. The number of nitrogens with zero attached hydrogens (tertiary/aromatic N) is 1. The Morgan fingerprint density at radius 1 is 1.36 bits per heavy atom. The highest BCUT2D eigenvalue weighted by molar-refractivity contribution is 5.66. The number of carbonyl (C=O) groups is 1. The molecule has 4 heteroatoms. The van der Waals surface area contributed by atoms with Crippen molar-refractivity contribution in [2.24, 2.45) is 0 Å². The van der Waals surface area contributed by atoms with E-state index in [1.807, 2.05) is 0 Å². The van der Waals surface area contributed by atoms with Crippen LogP contribution >= 0.6 is 0 Å². The third-order valence-corrected chi connectivity index (χ3v) is 3.00. The molecule has 0 saturated carbocycles. The molecule has 0 aromatic carbocycles. The van der Waals surface area contributed by atoms with Gasteiger partial charge in [-0.15, -0.1) is 0 Å². The van der Waals surface area contributed by atoms with Crippen molar-refractivity contribution in [2.45, 2.75) is 19.3 Å². The van der Waals surface area contributed by atoms with Crippen LogP contribution in [0.15, 0.2) is 0 Å². The highest BCUT2D eigenvalue weighted by atomic mass is 16.4. The summed E-state index contributed by atoms with van der Waals surface area (Å²) < 4.78 is 1.10. The van der Waals surface area contributed by atoms with E-state index in [1.165, 1.54) is 13.1 Å². The second-order valence-electron chi connectivity index (χ2n) is 4.39. The summed E-state index contributed by atoms with van der Waals surface area (Å²) >= 11 is 0. The van der Waals surface area contributed by atoms with Crippen LogP contribution in [-0.2, 0) is 4.79 Å². The van der Waals surface area contributed by atoms with Crippen LogP contribution in [-0.4, -0.2) is 55.3 Å². The van der Waals surface area contributed by atoms with Crippen LogP contribution in [0.4, 0.5) is 0 Å². The Balaban J connectivity index is 2.12. The quantitative estimate of drug-likeness (QED) is 0.496. The minimum atomic E-state index is -0.673. The van der Waals surface area contributed by atoms with Crippen LogP contribution in [0.5, 0.6) is 0 Å². The van der Waals surface area contributed by atoms with Gasteiger partial charge in [-0.05, 0) is 12.8 Å². The van der Waals surface area contributed by atoms with Crippen LogP contribution in [0.3, 0.4) is 0 Å². The van der Waals surface area contributed by atoms with Gasteiger partial charge in [0, 0.05) is 19.5 Å². The van der Waals surface area contributed by atoms with Crippen molar-refractivity contribution in [2.75, 3.05) is 39.8 Å². The van der Waals surface area contributed by atoms with E-state index in [4.69, 9.17) is 5.11 Å². The number of nitrogens with one attached hydrogen (secondary N) is 1. The van der Waals surface area contributed by atoms with Gasteiger partial charge in [0.2, 0.25) is 0 Å². The number of piperazine rings is 1. The minimum Gasteiger partial charge on any atom is -0.481 e. The summed E-state index contributed by atoms with van der Waals surface area (Å²) in [6, 6.07) is 0. The molecule has 1 heterocycles. The molecule has 0 unspecified atom stereocenters. The first-order valence-electron chi connectivity index (χ1n) is 5.38. The van der Waals surface area contributed by atoms with Gasteiger partial charge in [-0.3, -0.25) is 4.79 Å². The number of aliphatic carboxylic acids is 1. The molecule has 0 radical (unpaired) electrons. The highest BCUT2D eigenvalue weighted by Crippen LogP contribution is 2.08. The Morgan fingerprint density at radius 3 is 2.57 bits per heavy atom. The van der Waals surface area contributed by atoms with Crippen molar-refractivity contribution in [3.8, 4) is 0 Å². The van der Waals surface area contributed by atoms with Gasteiger partial charge in [0.15, 0.2) is 0 Å². The number of hydrogen-bond acceptors (Lipinski definition) is 2. The molecule has 0 bridgehead atoms. The standard InChI is InChI=1S/C10H20N2O2/c1-12(8-5-11-6-9-12)7-3-2-4-10(13)14/h11H,2-9H2,1H3/p+1. The summed E-state index contributed by atoms with van der Waals surface area (Å²) in [6.07, 6.45) is 2.16. The number of quaternary nitrogens is 1. The van der Waals surface area contributed by atoms with Gasteiger partial charge in [-0.1, -0.05) is 0 Å². The molecule has 1 saturated heterocycles. The molecule has 0 aliphatic carbocycles. The van der Waals surface area contributed by atoms with Crippen molar-refractivity contribution in [1.82, 2.24) is 5.32 Å². The zero-order chi connectivity index (χ0) is 10.4. The zero-order valence-electron chi connectivity index (χ0n) is 8.96. The van der Waals surface area contributed by atoms with Crippen LogP contribution in [0.1, 0.15) is 19.3 Å². The molecule has 1 rings (SSSR count). The first-order valence-corrected chi connectivity index (χ1v) is 5.38. The fourth-order valence-electron chi connectivity index (χ4n) is 1.93. The summed E-state index contributed by atoms with van der Waals surface area (Å²) in [7, 11) is 2.27. The summed E-state index contributed by atoms with van der Waals surface area (Å²) in [5.74, 6) is -0.673. The summed E-state index contributed by atoms with van der Waals surface area (Å²) in [5.41, 5.74) is 0. The Hall–Kier alpha value is -0.610. The van der Waals surface area contributed by atoms with E-state index in [0.717, 1.165) is 37.0 Å². The molecule has 0 amide bonds. The first-order chi connectivity index (χ1) is 6.62. The molecule has 1 fully saturated rings. The lowest BCUT2D eigenvalue weighted by Crippen LogP contribution is -2.56. The number of hydrogen-bond donors (Lipinski definition) is 2. The lowest BCUT2D eigenvalue weighted by molar-refractivity contribution is -0.911. The molecule has 0 aromatic rings. The largest absolute Gasteiger partial charge is 0.481 e. The maximum absolute atomic E-state index is 10.3. The van der Waals surface area contributed by atoms with Gasteiger partial charge in [-0.2, -0.15) is 0 Å².